The normalized spacial score (nSPS) is 15.0. The topological polar surface area (TPSA) is 50.4 Å². The number of carbonyl (C=O) groups excluding carboxylic acids is 1. The molecule has 0 aliphatic carbocycles. The van der Waals surface area contributed by atoms with Crippen LogP contribution in [0.1, 0.15) is 12.8 Å². The van der Waals surface area contributed by atoms with Crippen molar-refractivity contribution in [3.63, 3.8) is 0 Å². The van der Waals surface area contributed by atoms with Crippen LogP contribution in [0.2, 0.25) is 0 Å². The summed E-state index contributed by atoms with van der Waals surface area (Å²) in [7, 11) is 0. The number of nitrogens with one attached hydrogen (secondary N) is 2. The molecule has 2 aromatic rings. The molecular formula is C20H24N2O2. The van der Waals surface area contributed by atoms with Gasteiger partial charge < -0.3 is 15.4 Å². The number of hydrogen-bond donors (Lipinski definition) is 2. The number of benzene rings is 2. The maximum absolute atomic E-state index is 12.1. The lowest BCUT2D eigenvalue weighted by Crippen LogP contribution is -2.39. The van der Waals surface area contributed by atoms with Crippen LogP contribution in [0.3, 0.4) is 0 Å². The molecule has 0 bridgehead atoms. The lowest BCUT2D eigenvalue weighted by atomic mass is 9.97. The van der Waals surface area contributed by atoms with Crippen molar-refractivity contribution < 1.29 is 9.53 Å². The molecule has 4 nitrogen and oxygen atoms in total. The highest BCUT2D eigenvalue weighted by Gasteiger charge is 2.20. The summed E-state index contributed by atoms with van der Waals surface area (Å²) in [6.07, 6.45) is 1.84. The van der Waals surface area contributed by atoms with Crippen LogP contribution in [0.25, 0.3) is 11.1 Å². The smallest absolute Gasteiger partial charge is 0.223 e. The Balaban J connectivity index is 1.51. The number of piperidine rings is 1. The van der Waals surface area contributed by atoms with Crippen LogP contribution < -0.4 is 15.4 Å². The van der Waals surface area contributed by atoms with Crippen molar-refractivity contribution in [2.24, 2.45) is 5.92 Å². The van der Waals surface area contributed by atoms with Gasteiger partial charge in [-0.2, -0.15) is 0 Å². The average molecular weight is 324 g/mol. The third kappa shape index (κ3) is 4.36. The second-order valence-electron chi connectivity index (χ2n) is 6.03. The SMILES string of the molecule is O=C(NCCOc1ccccc1-c1ccccc1)C1CCNCC1. The monoisotopic (exact) mass is 324 g/mol. The highest BCUT2D eigenvalue weighted by atomic mass is 16.5. The van der Waals surface area contributed by atoms with Crippen molar-refractivity contribution in [1.82, 2.24) is 10.6 Å². The summed E-state index contributed by atoms with van der Waals surface area (Å²) < 4.78 is 5.90. The van der Waals surface area contributed by atoms with E-state index in [-0.39, 0.29) is 11.8 Å². The number of hydrogen-bond acceptors (Lipinski definition) is 3. The summed E-state index contributed by atoms with van der Waals surface area (Å²) in [5, 5.41) is 6.27. The molecule has 3 rings (SSSR count). The van der Waals surface area contributed by atoms with Crippen molar-refractivity contribution in [2.75, 3.05) is 26.2 Å². The Morgan fingerprint density at radius 3 is 2.54 bits per heavy atom. The molecule has 1 amide bonds. The van der Waals surface area contributed by atoms with Gasteiger partial charge in [-0.3, -0.25) is 4.79 Å². The van der Waals surface area contributed by atoms with E-state index in [1.165, 1.54) is 0 Å². The largest absolute Gasteiger partial charge is 0.491 e. The fourth-order valence-corrected chi connectivity index (χ4v) is 3.01. The van der Waals surface area contributed by atoms with Gasteiger partial charge in [0.25, 0.3) is 0 Å². The molecule has 1 fully saturated rings. The van der Waals surface area contributed by atoms with Crippen molar-refractivity contribution in [3.8, 4) is 16.9 Å². The maximum atomic E-state index is 12.1. The first-order valence-corrected chi connectivity index (χ1v) is 8.60. The van der Waals surface area contributed by atoms with Crippen LogP contribution in [-0.4, -0.2) is 32.1 Å². The van der Waals surface area contributed by atoms with E-state index in [2.05, 4.69) is 28.8 Å². The molecule has 0 unspecified atom stereocenters. The van der Waals surface area contributed by atoms with Crippen LogP contribution in [-0.2, 0) is 4.79 Å². The molecule has 0 spiro atoms. The Hall–Kier alpha value is -2.33. The molecule has 2 aromatic carbocycles. The number of carbonyl (C=O) groups is 1. The highest BCUT2D eigenvalue weighted by Crippen LogP contribution is 2.29. The van der Waals surface area contributed by atoms with Gasteiger partial charge in [-0.05, 0) is 37.6 Å². The Bertz CT molecular complexity index is 652. The zero-order valence-corrected chi connectivity index (χ0v) is 13.8. The van der Waals surface area contributed by atoms with Gasteiger partial charge in [0.1, 0.15) is 12.4 Å². The summed E-state index contributed by atoms with van der Waals surface area (Å²) in [5.41, 5.74) is 2.20. The van der Waals surface area contributed by atoms with Gasteiger partial charge in [0.05, 0.1) is 6.54 Å². The fraction of sp³-hybridized carbons (Fsp3) is 0.350. The molecule has 24 heavy (non-hydrogen) atoms. The molecule has 1 aliphatic rings. The summed E-state index contributed by atoms with van der Waals surface area (Å²) in [4.78, 5) is 12.1. The first kappa shape index (κ1) is 16.5. The van der Waals surface area contributed by atoms with Crippen molar-refractivity contribution in [1.29, 1.82) is 0 Å². The molecule has 1 saturated heterocycles. The van der Waals surface area contributed by atoms with E-state index >= 15 is 0 Å². The third-order valence-corrected chi connectivity index (χ3v) is 4.34. The minimum atomic E-state index is 0.142. The van der Waals surface area contributed by atoms with E-state index in [9.17, 15) is 4.79 Å². The maximum Gasteiger partial charge on any atom is 0.223 e. The first-order valence-electron chi connectivity index (χ1n) is 8.60. The van der Waals surface area contributed by atoms with Crippen LogP contribution in [0.4, 0.5) is 0 Å². The van der Waals surface area contributed by atoms with Gasteiger partial charge in [-0.1, -0.05) is 48.5 Å². The predicted octanol–water partition coefficient (Wildman–Crippen LogP) is 2.85. The highest BCUT2D eigenvalue weighted by molar-refractivity contribution is 5.78. The fourth-order valence-electron chi connectivity index (χ4n) is 3.01. The predicted molar refractivity (Wildman–Crippen MR) is 96.0 cm³/mol. The standard InChI is InChI=1S/C20H24N2O2/c23-20(17-10-12-21-13-11-17)22-14-15-24-19-9-5-4-8-18(19)16-6-2-1-3-7-16/h1-9,17,21H,10-15H2,(H,22,23). The zero-order chi connectivity index (χ0) is 16.6. The van der Waals surface area contributed by atoms with Gasteiger partial charge in [0, 0.05) is 11.5 Å². The second-order valence-corrected chi connectivity index (χ2v) is 6.03. The number of amides is 1. The average Bonchev–Trinajstić information content (AvgIpc) is 2.67. The molecule has 0 aromatic heterocycles. The van der Waals surface area contributed by atoms with Crippen LogP contribution in [0, 0.1) is 5.92 Å². The molecule has 0 saturated carbocycles. The first-order chi connectivity index (χ1) is 11.8. The van der Waals surface area contributed by atoms with Crippen LogP contribution in [0.15, 0.2) is 54.6 Å². The Labute approximate surface area is 143 Å². The van der Waals surface area contributed by atoms with E-state index in [0.29, 0.717) is 13.2 Å². The van der Waals surface area contributed by atoms with Crippen molar-refractivity contribution >= 4 is 5.91 Å². The van der Waals surface area contributed by atoms with Gasteiger partial charge in [0.15, 0.2) is 0 Å². The summed E-state index contributed by atoms with van der Waals surface area (Å²) in [6.45, 7) is 2.87. The molecule has 4 heteroatoms. The lowest BCUT2D eigenvalue weighted by Gasteiger charge is -2.21. The number of ether oxygens (including phenoxy) is 1. The van der Waals surface area contributed by atoms with E-state index < -0.39 is 0 Å². The van der Waals surface area contributed by atoms with Crippen LogP contribution >= 0.6 is 0 Å². The zero-order valence-electron chi connectivity index (χ0n) is 13.8. The summed E-state index contributed by atoms with van der Waals surface area (Å²) in [6, 6.07) is 18.2. The summed E-state index contributed by atoms with van der Waals surface area (Å²) in [5.74, 6) is 1.14. The van der Waals surface area contributed by atoms with Gasteiger partial charge >= 0.3 is 0 Å². The Morgan fingerprint density at radius 2 is 1.75 bits per heavy atom. The van der Waals surface area contributed by atoms with Gasteiger partial charge in [-0.25, -0.2) is 0 Å². The molecular weight excluding hydrogens is 300 g/mol. The van der Waals surface area contributed by atoms with E-state index in [0.717, 1.165) is 42.8 Å². The minimum absolute atomic E-state index is 0.142. The number of rotatable bonds is 6. The Kier molecular flexibility index (Phi) is 5.85. The van der Waals surface area contributed by atoms with E-state index in [1.807, 2.05) is 36.4 Å². The molecule has 2 N–H and O–H groups in total. The van der Waals surface area contributed by atoms with Crippen molar-refractivity contribution in [3.05, 3.63) is 54.6 Å². The van der Waals surface area contributed by atoms with Crippen molar-refractivity contribution in [2.45, 2.75) is 12.8 Å². The molecule has 1 heterocycles. The third-order valence-electron chi connectivity index (χ3n) is 4.34. The molecule has 126 valence electrons. The van der Waals surface area contributed by atoms with E-state index in [4.69, 9.17) is 4.74 Å². The molecule has 0 radical (unpaired) electrons. The molecule has 0 atom stereocenters. The molecule has 1 aliphatic heterocycles. The van der Waals surface area contributed by atoms with Gasteiger partial charge in [0.2, 0.25) is 5.91 Å². The van der Waals surface area contributed by atoms with Crippen LogP contribution in [0.5, 0.6) is 5.75 Å². The van der Waals surface area contributed by atoms with E-state index in [1.54, 1.807) is 0 Å². The minimum Gasteiger partial charge on any atom is -0.491 e. The lowest BCUT2D eigenvalue weighted by molar-refractivity contribution is -0.125. The summed E-state index contributed by atoms with van der Waals surface area (Å²) >= 11 is 0. The van der Waals surface area contributed by atoms with Gasteiger partial charge in [-0.15, -0.1) is 0 Å². The Morgan fingerprint density at radius 1 is 1.04 bits per heavy atom. The number of para-hydroxylation sites is 1. The quantitative estimate of drug-likeness (QED) is 0.803. The second kappa shape index (κ2) is 8.50.